The molecule has 1 saturated heterocycles. The first-order valence-corrected chi connectivity index (χ1v) is 8.12. The lowest BCUT2D eigenvalue weighted by molar-refractivity contribution is -0.129. The van der Waals surface area contributed by atoms with Crippen LogP contribution in [0.4, 0.5) is 0 Å². The van der Waals surface area contributed by atoms with Crippen LogP contribution in [-0.4, -0.2) is 40.9 Å². The third kappa shape index (κ3) is 2.75. The molecule has 0 bridgehead atoms. The zero-order chi connectivity index (χ0) is 15.0. The average Bonchev–Trinajstić information content (AvgIpc) is 3.06. The maximum atomic E-state index is 11.9. The Morgan fingerprint density at radius 1 is 1.57 bits per heavy atom. The van der Waals surface area contributed by atoms with E-state index in [9.17, 15) is 4.79 Å². The molecular formula is C14H17ClN4OS. The Hall–Kier alpha value is -1.24. The van der Waals surface area contributed by atoms with Crippen LogP contribution in [0.3, 0.4) is 0 Å². The van der Waals surface area contributed by atoms with Crippen molar-refractivity contribution in [1.82, 2.24) is 20.2 Å². The van der Waals surface area contributed by atoms with Gasteiger partial charge < -0.3 is 5.32 Å². The van der Waals surface area contributed by atoms with E-state index in [2.05, 4.69) is 20.2 Å². The second-order valence-electron chi connectivity index (χ2n) is 5.67. The molecule has 0 saturated carbocycles. The summed E-state index contributed by atoms with van der Waals surface area (Å²) in [7, 11) is 1.68. The molecule has 0 radical (unpaired) electrons. The van der Waals surface area contributed by atoms with E-state index >= 15 is 0 Å². The number of amides is 1. The molecule has 1 fully saturated rings. The van der Waals surface area contributed by atoms with E-state index in [0.29, 0.717) is 11.7 Å². The van der Waals surface area contributed by atoms with Crippen LogP contribution in [0, 0.1) is 5.41 Å². The minimum atomic E-state index is -0.328. The van der Waals surface area contributed by atoms with E-state index in [1.165, 1.54) is 0 Å². The first-order valence-electron chi connectivity index (χ1n) is 6.86. The van der Waals surface area contributed by atoms with Crippen molar-refractivity contribution in [3.8, 4) is 0 Å². The number of nitrogens with zero attached hydrogens (tertiary/aromatic N) is 3. The topological polar surface area (TPSA) is 58.1 Å². The summed E-state index contributed by atoms with van der Waals surface area (Å²) >= 11 is 7.75. The third-order valence-electron chi connectivity index (χ3n) is 4.02. The van der Waals surface area contributed by atoms with Gasteiger partial charge in [0.1, 0.15) is 15.8 Å². The smallest absolute Gasteiger partial charge is 0.227 e. The first-order chi connectivity index (χ1) is 10.0. The van der Waals surface area contributed by atoms with Crippen LogP contribution >= 0.6 is 22.9 Å². The molecule has 0 aromatic carbocycles. The molecule has 1 atom stereocenters. The van der Waals surface area contributed by atoms with Gasteiger partial charge in [-0.05, 0) is 31.3 Å². The molecule has 0 aliphatic carbocycles. The number of carbonyl (C=O) groups excluding carboxylic acids is 1. The molecule has 3 rings (SSSR count). The van der Waals surface area contributed by atoms with Crippen molar-refractivity contribution in [1.29, 1.82) is 0 Å². The van der Waals surface area contributed by atoms with Crippen molar-refractivity contribution in [3.05, 3.63) is 22.4 Å². The average molecular weight is 325 g/mol. The molecule has 112 valence electrons. The normalized spacial score (nSPS) is 22.8. The Morgan fingerprint density at radius 2 is 2.38 bits per heavy atom. The quantitative estimate of drug-likeness (QED) is 0.880. The molecular weight excluding hydrogens is 308 g/mol. The summed E-state index contributed by atoms with van der Waals surface area (Å²) in [5, 5.41) is 6.12. The summed E-state index contributed by atoms with van der Waals surface area (Å²) in [5.74, 6) is 0.814. The van der Waals surface area contributed by atoms with E-state index < -0.39 is 0 Å². The lowest BCUT2D eigenvalue weighted by atomic mass is 9.89. The number of rotatable bonds is 3. The monoisotopic (exact) mass is 324 g/mol. The predicted molar refractivity (Wildman–Crippen MR) is 84.5 cm³/mol. The number of nitrogens with one attached hydrogen (secondary N) is 1. The van der Waals surface area contributed by atoms with Crippen LogP contribution < -0.4 is 5.32 Å². The summed E-state index contributed by atoms with van der Waals surface area (Å²) in [5.41, 5.74) is -0.328. The minimum Gasteiger partial charge on any atom is -0.359 e. The van der Waals surface area contributed by atoms with Gasteiger partial charge in [-0.1, -0.05) is 11.6 Å². The van der Waals surface area contributed by atoms with Crippen molar-refractivity contribution in [2.75, 3.05) is 20.1 Å². The van der Waals surface area contributed by atoms with Crippen LogP contribution in [0.5, 0.6) is 0 Å². The fraction of sp³-hybridized carbons (Fsp3) is 0.500. The Bertz CT molecular complexity index is 689. The minimum absolute atomic E-state index is 0.0951. The lowest BCUT2D eigenvalue weighted by Gasteiger charge is -2.22. The van der Waals surface area contributed by atoms with Gasteiger partial charge in [0, 0.05) is 19.0 Å². The second kappa shape index (κ2) is 5.51. The summed E-state index contributed by atoms with van der Waals surface area (Å²) in [6, 6.07) is 1.94. The number of hydrogen-bond donors (Lipinski definition) is 1. The van der Waals surface area contributed by atoms with Crippen LogP contribution in [-0.2, 0) is 11.3 Å². The number of hydrogen-bond acceptors (Lipinski definition) is 5. The van der Waals surface area contributed by atoms with Gasteiger partial charge in [0.15, 0.2) is 0 Å². The van der Waals surface area contributed by atoms with E-state index in [0.717, 1.165) is 35.6 Å². The number of likely N-dealkylation sites (tertiary alicyclic amines) is 1. The zero-order valence-electron chi connectivity index (χ0n) is 12.0. The van der Waals surface area contributed by atoms with Crippen molar-refractivity contribution in [2.45, 2.75) is 19.9 Å². The van der Waals surface area contributed by atoms with Crippen molar-refractivity contribution < 1.29 is 4.79 Å². The predicted octanol–water partition coefficient (Wildman–Crippen LogP) is 2.30. The Morgan fingerprint density at radius 3 is 3.14 bits per heavy atom. The SMILES string of the molecule is CNC(=O)C1(C)CCN(Cc2nc(Cl)c3ccsc3n2)C1. The molecule has 3 heterocycles. The fourth-order valence-electron chi connectivity index (χ4n) is 2.81. The van der Waals surface area contributed by atoms with Gasteiger partial charge >= 0.3 is 0 Å². The summed E-state index contributed by atoms with van der Waals surface area (Å²) in [6.45, 7) is 4.21. The molecule has 1 unspecified atom stereocenters. The molecule has 5 nitrogen and oxygen atoms in total. The van der Waals surface area contributed by atoms with Gasteiger partial charge in [0.2, 0.25) is 5.91 Å². The number of aromatic nitrogens is 2. The second-order valence-corrected chi connectivity index (χ2v) is 6.92. The van der Waals surface area contributed by atoms with Crippen molar-refractivity contribution >= 4 is 39.1 Å². The van der Waals surface area contributed by atoms with Crippen LogP contribution in [0.2, 0.25) is 5.15 Å². The van der Waals surface area contributed by atoms with E-state index in [-0.39, 0.29) is 11.3 Å². The highest BCUT2D eigenvalue weighted by molar-refractivity contribution is 7.16. The fourth-order valence-corrected chi connectivity index (χ4v) is 3.90. The largest absolute Gasteiger partial charge is 0.359 e. The Labute approximate surface area is 132 Å². The van der Waals surface area contributed by atoms with Gasteiger partial charge in [-0.15, -0.1) is 11.3 Å². The van der Waals surface area contributed by atoms with Crippen LogP contribution in [0.15, 0.2) is 11.4 Å². The third-order valence-corrected chi connectivity index (χ3v) is 5.11. The molecule has 2 aromatic rings. The Kier molecular flexibility index (Phi) is 3.86. The highest BCUT2D eigenvalue weighted by Crippen LogP contribution is 2.31. The number of fused-ring (bicyclic) bond motifs is 1. The molecule has 1 aliphatic rings. The number of carbonyl (C=O) groups is 1. The first kappa shape index (κ1) is 14.7. The van der Waals surface area contributed by atoms with Crippen molar-refractivity contribution in [2.24, 2.45) is 5.41 Å². The summed E-state index contributed by atoms with van der Waals surface area (Å²) in [6.07, 6.45) is 0.849. The van der Waals surface area contributed by atoms with E-state index in [1.807, 2.05) is 18.4 Å². The lowest BCUT2D eigenvalue weighted by Crippen LogP contribution is -2.39. The standard InChI is InChI=1S/C14H17ClN4OS/c1-14(13(20)16-2)4-5-19(8-14)7-10-17-11(15)9-3-6-21-12(9)18-10/h3,6H,4-5,7-8H2,1-2H3,(H,16,20). The molecule has 1 amide bonds. The van der Waals surface area contributed by atoms with Crippen LogP contribution in [0.25, 0.3) is 10.2 Å². The molecule has 21 heavy (non-hydrogen) atoms. The highest BCUT2D eigenvalue weighted by Gasteiger charge is 2.39. The number of thiophene rings is 1. The summed E-state index contributed by atoms with van der Waals surface area (Å²) in [4.78, 5) is 24.0. The van der Waals surface area contributed by atoms with Gasteiger partial charge in [-0.3, -0.25) is 9.69 Å². The maximum absolute atomic E-state index is 11.9. The van der Waals surface area contributed by atoms with Gasteiger partial charge in [-0.25, -0.2) is 9.97 Å². The molecule has 1 aliphatic heterocycles. The van der Waals surface area contributed by atoms with Gasteiger partial charge in [-0.2, -0.15) is 0 Å². The van der Waals surface area contributed by atoms with Gasteiger partial charge in [0.25, 0.3) is 0 Å². The van der Waals surface area contributed by atoms with Gasteiger partial charge in [0.05, 0.1) is 12.0 Å². The van der Waals surface area contributed by atoms with E-state index in [4.69, 9.17) is 11.6 Å². The summed E-state index contributed by atoms with van der Waals surface area (Å²) < 4.78 is 0. The number of halogens is 1. The van der Waals surface area contributed by atoms with Crippen LogP contribution in [0.1, 0.15) is 19.2 Å². The van der Waals surface area contributed by atoms with E-state index in [1.54, 1.807) is 18.4 Å². The molecule has 7 heteroatoms. The zero-order valence-corrected chi connectivity index (χ0v) is 13.6. The Balaban J connectivity index is 1.76. The highest BCUT2D eigenvalue weighted by atomic mass is 35.5. The maximum Gasteiger partial charge on any atom is 0.227 e. The molecule has 2 aromatic heterocycles. The molecule has 0 spiro atoms. The molecule has 1 N–H and O–H groups in total. The van der Waals surface area contributed by atoms with Crippen molar-refractivity contribution in [3.63, 3.8) is 0 Å².